The lowest BCUT2D eigenvalue weighted by atomic mass is 9.90. The Morgan fingerprint density at radius 1 is 1.44 bits per heavy atom. The third-order valence-corrected chi connectivity index (χ3v) is 4.90. The van der Waals surface area contributed by atoms with Crippen LogP contribution in [-0.2, 0) is 14.8 Å². The summed E-state index contributed by atoms with van der Waals surface area (Å²) in [6.07, 6.45) is 0.754. The predicted molar refractivity (Wildman–Crippen MR) is 69.8 cm³/mol. The Morgan fingerprint density at radius 2 is 2.11 bits per heavy atom. The summed E-state index contributed by atoms with van der Waals surface area (Å²) >= 11 is 0.844. The van der Waals surface area contributed by atoms with E-state index in [1.54, 1.807) is 7.11 Å². The number of sulfonamides is 1. The molecule has 9 heteroatoms. The number of nitrogens with one attached hydrogen (secondary N) is 1. The van der Waals surface area contributed by atoms with Crippen molar-refractivity contribution in [3.63, 3.8) is 0 Å². The standard InChI is InChI=1S/C9H18N4O3S2/c1-9(2,4-5-16-3)6-11-18(14,15)8-13-12-7(10)17-8/h11H,4-6H2,1-3H3,(H2,10,12). The second kappa shape index (κ2) is 5.91. The molecule has 0 bridgehead atoms. The molecule has 0 saturated carbocycles. The van der Waals surface area contributed by atoms with Gasteiger partial charge in [0.25, 0.3) is 10.0 Å². The number of methoxy groups -OCH3 is 1. The maximum Gasteiger partial charge on any atom is 0.269 e. The van der Waals surface area contributed by atoms with Crippen molar-refractivity contribution in [2.75, 3.05) is 26.0 Å². The van der Waals surface area contributed by atoms with E-state index >= 15 is 0 Å². The minimum Gasteiger partial charge on any atom is -0.385 e. The average molecular weight is 294 g/mol. The molecule has 7 nitrogen and oxygen atoms in total. The number of hydrogen-bond donors (Lipinski definition) is 2. The fourth-order valence-electron chi connectivity index (χ4n) is 1.15. The summed E-state index contributed by atoms with van der Waals surface area (Å²) in [6.45, 7) is 4.81. The second-order valence-electron chi connectivity index (χ2n) is 4.64. The van der Waals surface area contributed by atoms with Gasteiger partial charge in [-0.05, 0) is 11.8 Å². The predicted octanol–water partition coefficient (Wildman–Crippen LogP) is 0.461. The first kappa shape index (κ1) is 15.3. The fraction of sp³-hybridized carbons (Fsp3) is 0.778. The van der Waals surface area contributed by atoms with E-state index in [1.807, 2.05) is 13.8 Å². The molecule has 0 fully saturated rings. The maximum atomic E-state index is 11.9. The van der Waals surface area contributed by atoms with E-state index in [4.69, 9.17) is 10.5 Å². The largest absolute Gasteiger partial charge is 0.385 e. The van der Waals surface area contributed by atoms with Crippen LogP contribution in [0.2, 0.25) is 0 Å². The smallest absolute Gasteiger partial charge is 0.269 e. The molecule has 0 aliphatic carbocycles. The molecule has 1 heterocycles. The molecule has 0 spiro atoms. The Kier molecular flexibility index (Phi) is 5.02. The van der Waals surface area contributed by atoms with Crippen LogP contribution in [0.4, 0.5) is 5.13 Å². The Hall–Kier alpha value is -0.770. The van der Waals surface area contributed by atoms with Gasteiger partial charge in [-0.25, -0.2) is 13.1 Å². The Bertz CT molecular complexity index is 484. The topological polar surface area (TPSA) is 107 Å². The molecule has 1 aromatic heterocycles. The SMILES string of the molecule is COCCC(C)(C)CNS(=O)(=O)c1nnc(N)s1. The number of hydrogen-bond acceptors (Lipinski definition) is 7. The summed E-state index contributed by atoms with van der Waals surface area (Å²) < 4.78 is 31.1. The normalized spacial score (nSPS) is 12.8. The molecule has 1 rings (SSSR count). The minimum absolute atomic E-state index is 0.109. The van der Waals surface area contributed by atoms with Crippen LogP contribution in [0.15, 0.2) is 4.34 Å². The lowest BCUT2D eigenvalue weighted by Crippen LogP contribution is -2.34. The summed E-state index contributed by atoms with van der Waals surface area (Å²) in [5.74, 6) is 0. The summed E-state index contributed by atoms with van der Waals surface area (Å²) in [6, 6.07) is 0. The number of nitrogens with zero attached hydrogens (tertiary/aromatic N) is 2. The summed E-state index contributed by atoms with van der Waals surface area (Å²) in [7, 11) is -2.01. The molecule has 3 N–H and O–H groups in total. The van der Waals surface area contributed by atoms with E-state index in [0.717, 1.165) is 17.8 Å². The number of nitrogen functional groups attached to an aromatic ring is 1. The van der Waals surface area contributed by atoms with Crippen molar-refractivity contribution in [3.05, 3.63) is 0 Å². The number of nitrogens with two attached hydrogens (primary N) is 1. The zero-order valence-electron chi connectivity index (χ0n) is 10.6. The first-order valence-electron chi connectivity index (χ1n) is 5.34. The van der Waals surface area contributed by atoms with Crippen LogP contribution in [0.3, 0.4) is 0 Å². The summed E-state index contributed by atoms with van der Waals surface area (Å²) in [5, 5.41) is 7.14. The molecule has 18 heavy (non-hydrogen) atoms. The zero-order chi connectivity index (χ0) is 13.8. The molecule has 1 aromatic rings. The number of anilines is 1. The van der Waals surface area contributed by atoms with E-state index < -0.39 is 10.0 Å². The highest BCUT2D eigenvalue weighted by Gasteiger charge is 2.24. The van der Waals surface area contributed by atoms with Crippen LogP contribution < -0.4 is 10.5 Å². The highest BCUT2D eigenvalue weighted by molar-refractivity contribution is 7.91. The number of aromatic nitrogens is 2. The van der Waals surface area contributed by atoms with E-state index in [2.05, 4.69) is 14.9 Å². The Labute approximate surface area is 111 Å². The molecular formula is C9H18N4O3S2. The Morgan fingerprint density at radius 3 is 2.61 bits per heavy atom. The van der Waals surface area contributed by atoms with Gasteiger partial charge in [0.2, 0.25) is 9.47 Å². The van der Waals surface area contributed by atoms with E-state index in [-0.39, 0.29) is 14.9 Å². The lowest BCUT2D eigenvalue weighted by Gasteiger charge is -2.23. The van der Waals surface area contributed by atoms with E-state index in [9.17, 15) is 8.42 Å². The molecule has 0 aliphatic rings. The third-order valence-electron chi connectivity index (χ3n) is 2.38. The van der Waals surface area contributed by atoms with Crippen LogP contribution in [0.1, 0.15) is 20.3 Å². The monoisotopic (exact) mass is 294 g/mol. The Balaban J connectivity index is 2.62. The highest BCUT2D eigenvalue weighted by atomic mass is 32.2. The maximum absolute atomic E-state index is 11.9. The van der Waals surface area contributed by atoms with Gasteiger partial charge in [0.05, 0.1) is 0 Å². The van der Waals surface area contributed by atoms with Gasteiger partial charge in [-0.15, -0.1) is 10.2 Å². The number of rotatable bonds is 7. The lowest BCUT2D eigenvalue weighted by molar-refractivity contribution is 0.153. The van der Waals surface area contributed by atoms with Crippen molar-refractivity contribution < 1.29 is 13.2 Å². The van der Waals surface area contributed by atoms with Gasteiger partial charge in [-0.1, -0.05) is 25.2 Å². The van der Waals surface area contributed by atoms with Gasteiger partial charge >= 0.3 is 0 Å². The van der Waals surface area contributed by atoms with Crippen molar-refractivity contribution in [3.8, 4) is 0 Å². The zero-order valence-corrected chi connectivity index (χ0v) is 12.3. The molecule has 104 valence electrons. The molecular weight excluding hydrogens is 276 g/mol. The first-order chi connectivity index (χ1) is 8.27. The van der Waals surface area contributed by atoms with Crippen molar-refractivity contribution in [2.45, 2.75) is 24.6 Å². The highest BCUT2D eigenvalue weighted by Crippen LogP contribution is 2.21. The van der Waals surface area contributed by atoms with E-state index in [0.29, 0.717) is 13.2 Å². The molecule has 0 saturated heterocycles. The quantitative estimate of drug-likeness (QED) is 0.756. The molecule has 0 amide bonds. The fourth-order valence-corrected chi connectivity index (χ4v) is 3.21. The minimum atomic E-state index is -3.62. The van der Waals surface area contributed by atoms with Crippen LogP contribution >= 0.6 is 11.3 Å². The number of ether oxygens (including phenoxy) is 1. The van der Waals surface area contributed by atoms with Crippen LogP contribution in [0.25, 0.3) is 0 Å². The van der Waals surface area contributed by atoms with E-state index in [1.165, 1.54) is 0 Å². The van der Waals surface area contributed by atoms with Crippen molar-refractivity contribution in [1.29, 1.82) is 0 Å². The van der Waals surface area contributed by atoms with Crippen LogP contribution in [0.5, 0.6) is 0 Å². The van der Waals surface area contributed by atoms with Gasteiger partial charge in [-0.3, -0.25) is 0 Å². The van der Waals surface area contributed by atoms with Crippen molar-refractivity contribution in [2.24, 2.45) is 5.41 Å². The van der Waals surface area contributed by atoms with Crippen LogP contribution in [-0.4, -0.2) is 38.9 Å². The molecule has 0 atom stereocenters. The molecule has 0 aliphatic heterocycles. The molecule has 0 radical (unpaired) electrons. The third kappa shape index (κ3) is 4.48. The summed E-state index contributed by atoms with van der Waals surface area (Å²) in [5.41, 5.74) is 5.16. The summed E-state index contributed by atoms with van der Waals surface area (Å²) in [4.78, 5) is 0. The van der Waals surface area contributed by atoms with Gasteiger partial charge in [0, 0.05) is 20.3 Å². The van der Waals surface area contributed by atoms with Crippen molar-refractivity contribution in [1.82, 2.24) is 14.9 Å². The van der Waals surface area contributed by atoms with Gasteiger partial charge in [0.1, 0.15) is 0 Å². The first-order valence-corrected chi connectivity index (χ1v) is 7.64. The molecule has 0 unspecified atom stereocenters. The average Bonchev–Trinajstić information content (AvgIpc) is 2.72. The van der Waals surface area contributed by atoms with Gasteiger partial charge in [0.15, 0.2) is 0 Å². The van der Waals surface area contributed by atoms with Crippen LogP contribution in [0, 0.1) is 5.41 Å². The van der Waals surface area contributed by atoms with Gasteiger partial charge in [-0.2, -0.15) is 0 Å². The second-order valence-corrected chi connectivity index (χ2v) is 7.59. The molecule has 0 aromatic carbocycles. The van der Waals surface area contributed by atoms with Gasteiger partial charge < -0.3 is 10.5 Å². The van der Waals surface area contributed by atoms with Crippen molar-refractivity contribution >= 4 is 26.5 Å².